The molecule has 2 heterocycles. The number of rotatable bonds is 6. The van der Waals surface area contributed by atoms with Crippen LogP contribution in [0.2, 0.25) is 5.02 Å². The van der Waals surface area contributed by atoms with E-state index in [0.29, 0.717) is 23.3 Å². The van der Waals surface area contributed by atoms with Crippen LogP contribution in [0.25, 0.3) is 23.1 Å². The first-order valence-electron chi connectivity index (χ1n) is 13.4. The van der Waals surface area contributed by atoms with Crippen LogP contribution in [0.4, 0.5) is 5.82 Å². The summed E-state index contributed by atoms with van der Waals surface area (Å²) < 4.78 is 3.88. The van der Waals surface area contributed by atoms with Gasteiger partial charge in [0.1, 0.15) is 5.82 Å². The molecule has 0 aliphatic rings. The van der Waals surface area contributed by atoms with Gasteiger partial charge in [0, 0.05) is 17.2 Å². The van der Waals surface area contributed by atoms with Gasteiger partial charge in [0.15, 0.2) is 0 Å². The molecule has 7 heteroatoms. The number of anilines is 1. The summed E-state index contributed by atoms with van der Waals surface area (Å²) in [5.74, 6) is 0.894. The number of carbonyl (C=O) groups excluding carboxylic acids is 1. The van der Waals surface area contributed by atoms with Gasteiger partial charge in [-0.05, 0) is 78.3 Å². The van der Waals surface area contributed by atoms with Crippen LogP contribution in [0.3, 0.4) is 0 Å². The lowest BCUT2D eigenvalue weighted by molar-refractivity contribution is -0.111. The number of hydrogen-bond acceptors (Lipinski definition) is 3. The predicted octanol–water partition coefficient (Wildman–Crippen LogP) is 7.80. The van der Waals surface area contributed by atoms with Gasteiger partial charge in [-0.1, -0.05) is 74.8 Å². The van der Waals surface area contributed by atoms with Gasteiger partial charge in [-0.2, -0.15) is 9.78 Å². The van der Waals surface area contributed by atoms with Crippen molar-refractivity contribution in [2.45, 2.75) is 53.5 Å². The number of nitrogens with one attached hydrogen (secondary N) is 1. The van der Waals surface area contributed by atoms with E-state index in [1.807, 2.05) is 49.4 Å². The standard InChI is InChI=1S/C33H34ClN5O/c1-21-17-25(33(4,5)6)18-22(2)26(21)20-38-29-14-10-9-13-28(29)35-32(38)39-30(19-23(3)37-39)36-31(40)16-15-24-11-7-8-12-27(24)34/h7-19H,20H2,1-6H3,(H,36,40). The third kappa shape index (κ3) is 5.58. The molecule has 0 aliphatic carbocycles. The van der Waals surface area contributed by atoms with E-state index in [0.717, 1.165) is 22.3 Å². The number of nitrogens with zero attached hydrogens (tertiary/aromatic N) is 4. The van der Waals surface area contributed by atoms with Crippen LogP contribution in [0.15, 0.2) is 72.8 Å². The van der Waals surface area contributed by atoms with E-state index >= 15 is 0 Å². The Morgan fingerprint density at radius 3 is 2.35 bits per heavy atom. The second-order valence-corrected chi connectivity index (χ2v) is 11.7. The minimum Gasteiger partial charge on any atom is -0.307 e. The minimum atomic E-state index is -0.284. The summed E-state index contributed by atoms with van der Waals surface area (Å²) in [5, 5.41) is 8.29. The van der Waals surface area contributed by atoms with Crippen molar-refractivity contribution in [3.63, 3.8) is 0 Å². The molecule has 0 saturated carbocycles. The molecule has 0 bridgehead atoms. The third-order valence-corrected chi connectivity index (χ3v) is 7.45. The van der Waals surface area contributed by atoms with Crippen LogP contribution in [0.1, 0.15) is 54.3 Å². The second-order valence-electron chi connectivity index (χ2n) is 11.3. The fourth-order valence-electron chi connectivity index (χ4n) is 4.90. The molecule has 5 rings (SSSR count). The van der Waals surface area contributed by atoms with Crippen molar-refractivity contribution >= 4 is 40.4 Å². The molecule has 204 valence electrons. The Kier molecular flexibility index (Phi) is 7.39. The summed E-state index contributed by atoms with van der Waals surface area (Å²) >= 11 is 6.24. The summed E-state index contributed by atoms with van der Waals surface area (Å²) in [6, 6.07) is 21.9. The van der Waals surface area contributed by atoms with Gasteiger partial charge < -0.3 is 9.88 Å². The largest absolute Gasteiger partial charge is 0.307 e. The van der Waals surface area contributed by atoms with Crippen LogP contribution in [-0.2, 0) is 16.8 Å². The number of amides is 1. The fourth-order valence-corrected chi connectivity index (χ4v) is 5.10. The summed E-state index contributed by atoms with van der Waals surface area (Å²) in [5.41, 5.74) is 8.52. The molecule has 5 aromatic rings. The average molecular weight is 552 g/mol. The highest BCUT2D eigenvalue weighted by Crippen LogP contribution is 2.30. The van der Waals surface area contributed by atoms with Gasteiger partial charge in [0.2, 0.25) is 11.9 Å². The van der Waals surface area contributed by atoms with Crippen LogP contribution >= 0.6 is 11.6 Å². The number of carbonyl (C=O) groups is 1. The number of aryl methyl sites for hydroxylation is 3. The lowest BCUT2D eigenvalue weighted by atomic mass is 9.84. The molecule has 0 unspecified atom stereocenters. The Balaban J connectivity index is 1.54. The third-order valence-electron chi connectivity index (χ3n) is 7.10. The van der Waals surface area contributed by atoms with Crippen molar-refractivity contribution in [2.24, 2.45) is 0 Å². The first-order valence-corrected chi connectivity index (χ1v) is 13.8. The molecule has 0 radical (unpaired) electrons. The maximum atomic E-state index is 12.9. The molecule has 6 nitrogen and oxygen atoms in total. The molecular weight excluding hydrogens is 518 g/mol. The summed E-state index contributed by atoms with van der Waals surface area (Å²) in [6.45, 7) is 13.6. The highest BCUT2D eigenvalue weighted by molar-refractivity contribution is 6.32. The molecule has 40 heavy (non-hydrogen) atoms. The van der Waals surface area contributed by atoms with Gasteiger partial charge in [0.05, 0.1) is 23.3 Å². The SMILES string of the molecule is Cc1cc(NC(=O)C=Cc2ccccc2Cl)n(-c2nc3ccccc3n2Cc2c(C)cc(C(C)(C)C)cc2C)n1. The molecule has 0 atom stereocenters. The Bertz CT molecular complexity index is 1730. The first kappa shape index (κ1) is 27.4. The van der Waals surface area contributed by atoms with Crippen LogP contribution in [0.5, 0.6) is 0 Å². The second kappa shape index (κ2) is 10.8. The maximum Gasteiger partial charge on any atom is 0.249 e. The quantitative estimate of drug-likeness (QED) is 0.219. The van der Waals surface area contributed by atoms with Crippen LogP contribution < -0.4 is 5.32 Å². The van der Waals surface area contributed by atoms with E-state index in [-0.39, 0.29) is 11.3 Å². The zero-order valence-electron chi connectivity index (χ0n) is 23.8. The molecule has 2 aromatic heterocycles. The number of benzene rings is 3. The van der Waals surface area contributed by atoms with Crippen molar-refractivity contribution < 1.29 is 4.79 Å². The molecule has 0 saturated heterocycles. The van der Waals surface area contributed by atoms with Gasteiger partial charge >= 0.3 is 0 Å². The lowest BCUT2D eigenvalue weighted by Crippen LogP contribution is -2.17. The van der Waals surface area contributed by atoms with Crippen molar-refractivity contribution in [2.75, 3.05) is 5.32 Å². The zero-order chi connectivity index (χ0) is 28.6. The fraction of sp³-hybridized carbons (Fsp3) is 0.242. The number of aromatic nitrogens is 4. The normalized spacial score (nSPS) is 12.0. The smallest absolute Gasteiger partial charge is 0.249 e. The highest BCUT2D eigenvalue weighted by Gasteiger charge is 2.21. The van der Waals surface area contributed by atoms with Crippen LogP contribution in [0, 0.1) is 20.8 Å². The number of fused-ring (bicyclic) bond motifs is 1. The Hall–Kier alpha value is -4.16. The molecule has 0 spiro atoms. The summed E-state index contributed by atoms with van der Waals surface area (Å²) in [7, 11) is 0. The predicted molar refractivity (Wildman–Crippen MR) is 164 cm³/mol. The topological polar surface area (TPSA) is 64.7 Å². The van der Waals surface area contributed by atoms with E-state index in [2.05, 4.69) is 62.7 Å². The van der Waals surface area contributed by atoms with E-state index in [4.69, 9.17) is 21.7 Å². The molecule has 3 aromatic carbocycles. The highest BCUT2D eigenvalue weighted by atomic mass is 35.5. The maximum absolute atomic E-state index is 12.9. The summed E-state index contributed by atoms with van der Waals surface area (Å²) in [6.07, 6.45) is 3.17. The van der Waals surface area contributed by atoms with Crippen LogP contribution in [-0.4, -0.2) is 25.2 Å². The Morgan fingerprint density at radius 2 is 1.65 bits per heavy atom. The number of hydrogen-bond donors (Lipinski definition) is 1. The lowest BCUT2D eigenvalue weighted by Gasteiger charge is -2.23. The zero-order valence-corrected chi connectivity index (χ0v) is 24.5. The van der Waals surface area contributed by atoms with Gasteiger partial charge in [-0.15, -0.1) is 0 Å². The Labute approximate surface area is 240 Å². The minimum absolute atomic E-state index is 0.0703. The average Bonchev–Trinajstić information content (AvgIpc) is 3.44. The van der Waals surface area contributed by atoms with Gasteiger partial charge in [0.25, 0.3) is 0 Å². The van der Waals surface area contributed by atoms with Crippen molar-refractivity contribution in [1.29, 1.82) is 0 Å². The van der Waals surface area contributed by atoms with Crippen molar-refractivity contribution in [3.8, 4) is 5.95 Å². The molecular formula is C33H34ClN5O. The van der Waals surface area contributed by atoms with E-state index in [1.165, 1.54) is 28.3 Å². The Morgan fingerprint density at radius 1 is 0.975 bits per heavy atom. The number of halogens is 1. The van der Waals surface area contributed by atoms with Gasteiger partial charge in [-0.25, -0.2) is 4.98 Å². The van der Waals surface area contributed by atoms with E-state index in [1.54, 1.807) is 16.8 Å². The molecule has 0 aliphatic heterocycles. The van der Waals surface area contributed by atoms with Crippen molar-refractivity contribution in [1.82, 2.24) is 19.3 Å². The van der Waals surface area contributed by atoms with Gasteiger partial charge in [-0.3, -0.25) is 4.79 Å². The molecule has 1 amide bonds. The molecule has 0 fully saturated rings. The number of imidazole rings is 1. The first-order chi connectivity index (χ1) is 19.0. The van der Waals surface area contributed by atoms with E-state index in [9.17, 15) is 4.79 Å². The number of para-hydroxylation sites is 2. The van der Waals surface area contributed by atoms with E-state index < -0.39 is 0 Å². The monoisotopic (exact) mass is 551 g/mol. The summed E-state index contributed by atoms with van der Waals surface area (Å²) in [4.78, 5) is 17.9. The van der Waals surface area contributed by atoms with Crippen molar-refractivity contribution in [3.05, 3.63) is 111 Å². The molecule has 1 N–H and O–H groups in total.